The van der Waals surface area contributed by atoms with Crippen molar-refractivity contribution in [3.63, 3.8) is 0 Å². The van der Waals surface area contributed by atoms with Crippen LogP contribution in [0.4, 0.5) is 5.00 Å². The normalized spacial score (nSPS) is 14.1. The minimum Gasteiger partial charge on any atom is -0.462 e. The Bertz CT molecular complexity index is 843. The number of hydrogen-bond donors (Lipinski definition) is 2. The van der Waals surface area contributed by atoms with E-state index >= 15 is 0 Å². The van der Waals surface area contributed by atoms with Crippen molar-refractivity contribution in [3.8, 4) is 0 Å². The van der Waals surface area contributed by atoms with E-state index in [1.165, 1.54) is 22.4 Å². The van der Waals surface area contributed by atoms with Gasteiger partial charge in [0.15, 0.2) is 5.11 Å². The smallest absolute Gasteiger partial charge is 0.341 e. The second-order valence-electron chi connectivity index (χ2n) is 7.11. The summed E-state index contributed by atoms with van der Waals surface area (Å²) in [6, 6.07) is 8.62. The first-order chi connectivity index (χ1) is 13.5. The number of rotatable bonds is 6. The third-order valence-corrected chi connectivity index (χ3v) is 6.50. The van der Waals surface area contributed by atoms with Crippen LogP contribution in [0, 0.1) is 6.92 Å². The molecule has 2 N–H and O–H groups in total. The number of aryl methyl sites for hydroxylation is 2. The van der Waals surface area contributed by atoms with E-state index in [1.807, 2.05) is 6.92 Å². The summed E-state index contributed by atoms with van der Waals surface area (Å²) in [4.78, 5) is 13.9. The topological polar surface area (TPSA) is 50.4 Å². The molecule has 1 aromatic heterocycles. The summed E-state index contributed by atoms with van der Waals surface area (Å²) in [7, 11) is 0. The monoisotopic (exact) mass is 416 g/mol. The molecular formula is C22H28N2O2S2. The van der Waals surface area contributed by atoms with Gasteiger partial charge in [-0.05, 0) is 69.3 Å². The van der Waals surface area contributed by atoms with Gasteiger partial charge in [-0.3, -0.25) is 0 Å². The van der Waals surface area contributed by atoms with Crippen LogP contribution in [-0.4, -0.2) is 17.7 Å². The molecule has 1 aromatic carbocycles. The van der Waals surface area contributed by atoms with E-state index in [9.17, 15) is 4.79 Å². The lowest BCUT2D eigenvalue weighted by molar-refractivity contribution is 0.0526. The molecular weight excluding hydrogens is 388 g/mol. The second kappa shape index (κ2) is 9.52. The van der Waals surface area contributed by atoms with Gasteiger partial charge in [-0.15, -0.1) is 11.3 Å². The van der Waals surface area contributed by atoms with Gasteiger partial charge in [0, 0.05) is 4.88 Å². The Hall–Kier alpha value is -1.92. The minimum absolute atomic E-state index is 0.126. The summed E-state index contributed by atoms with van der Waals surface area (Å²) in [5, 5.41) is 8.04. The third kappa shape index (κ3) is 4.73. The number of thiophene rings is 1. The highest BCUT2D eigenvalue weighted by atomic mass is 32.1. The van der Waals surface area contributed by atoms with Crippen molar-refractivity contribution in [1.82, 2.24) is 5.32 Å². The van der Waals surface area contributed by atoms with Crippen LogP contribution in [0.15, 0.2) is 24.3 Å². The molecule has 0 aliphatic heterocycles. The number of ether oxygens (including phenoxy) is 1. The molecule has 1 unspecified atom stereocenters. The molecule has 6 heteroatoms. The predicted octanol–water partition coefficient (Wildman–Crippen LogP) is 5.55. The molecule has 28 heavy (non-hydrogen) atoms. The summed E-state index contributed by atoms with van der Waals surface area (Å²) >= 11 is 7.23. The first-order valence-corrected chi connectivity index (χ1v) is 11.2. The molecule has 150 valence electrons. The Kier molecular flexibility index (Phi) is 7.08. The lowest BCUT2D eigenvalue weighted by atomic mass is 9.95. The summed E-state index contributed by atoms with van der Waals surface area (Å²) in [6.07, 6.45) is 5.15. The van der Waals surface area contributed by atoms with Gasteiger partial charge in [0.25, 0.3) is 0 Å². The number of esters is 1. The van der Waals surface area contributed by atoms with E-state index in [4.69, 9.17) is 17.0 Å². The Balaban J connectivity index is 1.78. The van der Waals surface area contributed by atoms with Crippen LogP contribution in [0.1, 0.15) is 71.1 Å². The fraction of sp³-hybridized carbons (Fsp3) is 0.455. The van der Waals surface area contributed by atoms with Crippen molar-refractivity contribution in [1.29, 1.82) is 0 Å². The molecule has 0 fully saturated rings. The first-order valence-electron chi connectivity index (χ1n) is 9.99. The van der Waals surface area contributed by atoms with Crippen LogP contribution in [0.2, 0.25) is 0 Å². The number of hydrogen-bond acceptors (Lipinski definition) is 4. The van der Waals surface area contributed by atoms with Gasteiger partial charge in [-0.1, -0.05) is 36.8 Å². The summed E-state index contributed by atoms with van der Waals surface area (Å²) in [6.45, 7) is 6.42. The fourth-order valence-corrected chi connectivity index (χ4v) is 5.18. The summed E-state index contributed by atoms with van der Waals surface area (Å²) in [5.74, 6) is -0.252. The van der Waals surface area contributed by atoms with Gasteiger partial charge >= 0.3 is 5.97 Å². The van der Waals surface area contributed by atoms with Crippen LogP contribution < -0.4 is 10.6 Å². The summed E-state index contributed by atoms with van der Waals surface area (Å²) in [5.41, 5.74) is 4.26. The maximum Gasteiger partial charge on any atom is 0.341 e. The molecule has 2 aromatic rings. The van der Waals surface area contributed by atoms with Gasteiger partial charge in [-0.25, -0.2) is 4.79 Å². The second-order valence-corrected chi connectivity index (χ2v) is 8.62. The van der Waals surface area contributed by atoms with Crippen LogP contribution in [-0.2, 0) is 17.6 Å². The number of carbonyl (C=O) groups excluding carboxylic acids is 1. The molecule has 1 heterocycles. The number of carbonyl (C=O) groups is 1. The summed E-state index contributed by atoms with van der Waals surface area (Å²) < 4.78 is 5.32. The molecule has 0 bridgehead atoms. The Morgan fingerprint density at radius 3 is 2.61 bits per heavy atom. The zero-order valence-electron chi connectivity index (χ0n) is 16.8. The van der Waals surface area contributed by atoms with E-state index in [1.54, 1.807) is 11.3 Å². The standard InChI is InChI=1S/C22H28N2O2S2/c1-4-17(15-12-10-14(3)11-13-15)23-22(27)24-20-19(21(25)26-5-2)16-8-6-7-9-18(16)28-20/h10-13,17H,4-9H2,1-3H3,(H2,23,24,27). The third-order valence-electron chi connectivity index (χ3n) is 5.07. The van der Waals surface area contributed by atoms with E-state index in [-0.39, 0.29) is 12.0 Å². The number of anilines is 1. The van der Waals surface area contributed by atoms with E-state index < -0.39 is 0 Å². The number of thiocarbonyl (C=S) groups is 1. The van der Waals surface area contributed by atoms with Crippen molar-refractivity contribution in [2.24, 2.45) is 0 Å². The largest absolute Gasteiger partial charge is 0.462 e. The molecule has 0 saturated carbocycles. The van der Waals surface area contributed by atoms with E-state index in [0.717, 1.165) is 36.2 Å². The maximum atomic E-state index is 12.6. The highest BCUT2D eigenvalue weighted by molar-refractivity contribution is 7.80. The Labute approximate surface area is 176 Å². The maximum absolute atomic E-state index is 12.6. The van der Waals surface area contributed by atoms with Crippen LogP contribution in [0.3, 0.4) is 0 Å². The van der Waals surface area contributed by atoms with Crippen molar-refractivity contribution in [2.75, 3.05) is 11.9 Å². The minimum atomic E-state index is -0.252. The molecule has 0 amide bonds. The van der Waals surface area contributed by atoms with Crippen LogP contribution in [0.5, 0.6) is 0 Å². The highest BCUT2D eigenvalue weighted by Crippen LogP contribution is 2.38. The zero-order chi connectivity index (χ0) is 20.1. The molecule has 3 rings (SSSR count). The molecule has 1 aliphatic rings. The lowest BCUT2D eigenvalue weighted by Gasteiger charge is -2.20. The molecule has 0 saturated heterocycles. The molecule has 1 aliphatic carbocycles. The van der Waals surface area contributed by atoms with Gasteiger partial charge in [0.2, 0.25) is 0 Å². The van der Waals surface area contributed by atoms with Crippen molar-refractivity contribution in [2.45, 2.75) is 58.9 Å². The average Bonchev–Trinajstić information content (AvgIpc) is 3.04. The van der Waals surface area contributed by atoms with Gasteiger partial charge < -0.3 is 15.4 Å². The number of fused-ring (bicyclic) bond motifs is 1. The quantitative estimate of drug-likeness (QED) is 0.478. The van der Waals surface area contributed by atoms with E-state index in [0.29, 0.717) is 17.3 Å². The van der Waals surface area contributed by atoms with Crippen molar-refractivity contribution < 1.29 is 9.53 Å². The van der Waals surface area contributed by atoms with Crippen LogP contribution >= 0.6 is 23.6 Å². The first kappa shape index (κ1) is 20.8. The average molecular weight is 417 g/mol. The molecule has 0 spiro atoms. The van der Waals surface area contributed by atoms with Crippen molar-refractivity contribution >= 4 is 39.6 Å². The SMILES string of the molecule is CCOC(=O)c1c(NC(=S)NC(CC)c2ccc(C)cc2)sc2c1CCCC2. The van der Waals surface area contributed by atoms with E-state index in [2.05, 4.69) is 48.7 Å². The highest BCUT2D eigenvalue weighted by Gasteiger charge is 2.27. The predicted molar refractivity (Wildman–Crippen MR) is 120 cm³/mol. The number of benzene rings is 1. The number of nitrogens with one attached hydrogen (secondary N) is 2. The Morgan fingerprint density at radius 2 is 1.93 bits per heavy atom. The van der Waals surface area contributed by atoms with Gasteiger partial charge in [0.1, 0.15) is 5.00 Å². The zero-order valence-corrected chi connectivity index (χ0v) is 18.4. The Morgan fingerprint density at radius 1 is 1.21 bits per heavy atom. The van der Waals surface area contributed by atoms with Gasteiger partial charge in [0.05, 0.1) is 18.2 Å². The van der Waals surface area contributed by atoms with Crippen molar-refractivity contribution in [3.05, 3.63) is 51.4 Å². The molecule has 1 atom stereocenters. The lowest BCUT2D eigenvalue weighted by Crippen LogP contribution is -2.32. The molecule has 4 nitrogen and oxygen atoms in total. The van der Waals surface area contributed by atoms with Crippen LogP contribution in [0.25, 0.3) is 0 Å². The molecule has 0 radical (unpaired) electrons. The van der Waals surface area contributed by atoms with Gasteiger partial charge in [-0.2, -0.15) is 0 Å². The fourth-order valence-electron chi connectivity index (χ4n) is 3.59.